The summed E-state index contributed by atoms with van der Waals surface area (Å²) in [6.45, 7) is 7.87. The van der Waals surface area contributed by atoms with E-state index in [4.69, 9.17) is 13.3 Å². The maximum absolute atomic E-state index is 9.75. The molecule has 140 valence electrons. The molecule has 0 aliphatic rings. The lowest BCUT2D eigenvalue weighted by atomic mass is 10.2. The number of aryl methyl sites for hydroxylation is 2. The standard InChI is InChI=1S/C14H26NO3Si.BF4/c1-5-16-19(17-6-2,18-7-3)13-10-14-8-11-15(4)12-9-14;2-1(3,4)5/h8-9,11-12H,5-7,10,13H2,1-4H3;/q+1;-1. The SMILES string of the molecule is CCO[Si](CCc1cc[n+](C)cc1)(OCC)OCC.F[B-](F)(F)F. The monoisotopic (exact) mass is 371 g/mol. The summed E-state index contributed by atoms with van der Waals surface area (Å²) < 4.78 is 58.6. The Bertz CT molecular complexity index is 426. The Morgan fingerprint density at radius 3 is 1.62 bits per heavy atom. The minimum Gasteiger partial charge on any atom is -0.418 e. The van der Waals surface area contributed by atoms with E-state index in [0.717, 1.165) is 12.5 Å². The minimum absolute atomic E-state index is 0.635. The highest BCUT2D eigenvalue weighted by Gasteiger charge is 2.39. The highest BCUT2D eigenvalue weighted by atomic mass is 28.4. The molecule has 0 atom stereocenters. The van der Waals surface area contributed by atoms with Gasteiger partial charge in [-0.2, -0.15) is 0 Å². The molecule has 1 aromatic heterocycles. The number of aromatic nitrogens is 1. The van der Waals surface area contributed by atoms with Crippen LogP contribution in [0.2, 0.25) is 6.04 Å². The Kier molecular flexibility index (Phi) is 11.1. The number of hydrogen-bond acceptors (Lipinski definition) is 3. The van der Waals surface area contributed by atoms with Crippen LogP contribution in [0.4, 0.5) is 17.3 Å². The molecule has 0 amide bonds. The van der Waals surface area contributed by atoms with Gasteiger partial charge in [0.2, 0.25) is 0 Å². The third-order valence-electron chi connectivity index (χ3n) is 2.86. The molecule has 0 saturated carbocycles. The second-order valence-corrected chi connectivity index (χ2v) is 7.58. The zero-order chi connectivity index (χ0) is 18.6. The molecular formula is C14H26BF4NO3Si. The molecule has 0 N–H and O–H groups in total. The lowest BCUT2D eigenvalue weighted by Gasteiger charge is -2.28. The van der Waals surface area contributed by atoms with Gasteiger partial charge in [-0.15, -0.1) is 0 Å². The Balaban J connectivity index is 0.000000922. The average Bonchev–Trinajstić information content (AvgIpc) is 2.46. The molecule has 0 saturated heterocycles. The van der Waals surface area contributed by atoms with Crippen molar-refractivity contribution in [2.45, 2.75) is 33.2 Å². The molecule has 0 aliphatic carbocycles. The van der Waals surface area contributed by atoms with Crippen molar-refractivity contribution in [2.75, 3.05) is 19.8 Å². The first kappa shape index (κ1) is 23.0. The van der Waals surface area contributed by atoms with Crippen molar-refractivity contribution >= 4 is 16.1 Å². The van der Waals surface area contributed by atoms with E-state index in [9.17, 15) is 17.3 Å². The van der Waals surface area contributed by atoms with E-state index in [-0.39, 0.29) is 0 Å². The molecule has 0 radical (unpaired) electrons. The van der Waals surface area contributed by atoms with Gasteiger partial charge in [-0.05, 0) is 32.8 Å². The number of halogens is 4. The van der Waals surface area contributed by atoms with E-state index in [0.29, 0.717) is 19.8 Å². The smallest absolute Gasteiger partial charge is 0.418 e. The van der Waals surface area contributed by atoms with Crippen molar-refractivity contribution in [1.82, 2.24) is 0 Å². The van der Waals surface area contributed by atoms with Gasteiger partial charge in [0, 0.05) is 38.0 Å². The van der Waals surface area contributed by atoms with Gasteiger partial charge in [-0.25, -0.2) is 4.57 Å². The summed E-state index contributed by atoms with van der Waals surface area (Å²) in [5.74, 6) is 0. The Hall–Kier alpha value is -0.968. The molecule has 0 aliphatic heterocycles. The summed E-state index contributed by atoms with van der Waals surface area (Å²) in [6, 6.07) is 5.09. The van der Waals surface area contributed by atoms with Crippen LogP contribution < -0.4 is 4.57 Å². The molecule has 1 rings (SSSR count). The first-order valence-corrected chi connectivity index (χ1v) is 9.82. The van der Waals surface area contributed by atoms with Crippen LogP contribution >= 0.6 is 0 Å². The normalized spacial score (nSPS) is 11.8. The summed E-state index contributed by atoms with van der Waals surface area (Å²) in [5, 5.41) is 0. The van der Waals surface area contributed by atoms with Crippen LogP contribution in [-0.4, -0.2) is 35.9 Å². The number of nitrogens with zero attached hydrogens (tertiary/aromatic N) is 1. The van der Waals surface area contributed by atoms with E-state index in [1.54, 1.807) is 0 Å². The van der Waals surface area contributed by atoms with Gasteiger partial charge < -0.3 is 30.5 Å². The van der Waals surface area contributed by atoms with E-state index in [1.165, 1.54) is 5.56 Å². The highest BCUT2D eigenvalue weighted by molar-refractivity contribution is 6.60. The minimum atomic E-state index is -6.00. The van der Waals surface area contributed by atoms with E-state index < -0.39 is 16.1 Å². The highest BCUT2D eigenvalue weighted by Crippen LogP contribution is 2.18. The summed E-state index contributed by atoms with van der Waals surface area (Å²) in [6.07, 6.45) is 5.04. The van der Waals surface area contributed by atoms with Crippen molar-refractivity contribution in [3.8, 4) is 0 Å². The molecule has 1 heterocycles. The van der Waals surface area contributed by atoms with E-state index in [1.807, 2.05) is 32.4 Å². The Morgan fingerprint density at radius 2 is 1.29 bits per heavy atom. The average molecular weight is 371 g/mol. The Morgan fingerprint density at radius 1 is 0.917 bits per heavy atom. The molecule has 24 heavy (non-hydrogen) atoms. The fraction of sp³-hybridized carbons (Fsp3) is 0.643. The van der Waals surface area contributed by atoms with Crippen LogP contribution in [-0.2, 0) is 26.7 Å². The third-order valence-corrected chi connectivity index (χ3v) is 5.91. The lowest BCUT2D eigenvalue weighted by Crippen LogP contribution is -2.46. The zero-order valence-electron chi connectivity index (χ0n) is 14.6. The summed E-state index contributed by atoms with van der Waals surface area (Å²) in [7, 11) is -6.48. The van der Waals surface area contributed by atoms with Gasteiger partial charge in [0.05, 0.1) is 0 Å². The number of hydrogen-bond donors (Lipinski definition) is 0. The zero-order valence-corrected chi connectivity index (χ0v) is 15.6. The number of rotatable bonds is 9. The first-order chi connectivity index (χ1) is 11.2. The molecule has 0 bridgehead atoms. The van der Waals surface area contributed by atoms with Gasteiger partial charge in [0.1, 0.15) is 7.05 Å². The van der Waals surface area contributed by atoms with Crippen molar-refractivity contribution in [1.29, 1.82) is 0 Å². The van der Waals surface area contributed by atoms with Gasteiger partial charge >= 0.3 is 16.1 Å². The van der Waals surface area contributed by atoms with Crippen molar-refractivity contribution in [3.63, 3.8) is 0 Å². The van der Waals surface area contributed by atoms with Crippen LogP contribution in [0.15, 0.2) is 24.5 Å². The Labute approximate surface area is 142 Å². The van der Waals surface area contributed by atoms with Crippen LogP contribution in [0.1, 0.15) is 26.3 Å². The molecular weight excluding hydrogens is 345 g/mol. The topological polar surface area (TPSA) is 31.6 Å². The number of pyridine rings is 1. The summed E-state index contributed by atoms with van der Waals surface area (Å²) >= 11 is 0. The van der Waals surface area contributed by atoms with Crippen LogP contribution in [0.25, 0.3) is 0 Å². The van der Waals surface area contributed by atoms with E-state index >= 15 is 0 Å². The largest absolute Gasteiger partial charge is 0.673 e. The molecule has 1 aromatic rings. The lowest BCUT2D eigenvalue weighted by molar-refractivity contribution is -0.671. The predicted octanol–water partition coefficient (Wildman–Crippen LogP) is 3.40. The summed E-state index contributed by atoms with van der Waals surface area (Å²) in [4.78, 5) is 0. The molecule has 0 spiro atoms. The predicted molar refractivity (Wildman–Crippen MR) is 86.9 cm³/mol. The molecule has 4 nitrogen and oxygen atoms in total. The molecule has 0 aromatic carbocycles. The first-order valence-electron chi connectivity index (χ1n) is 7.89. The van der Waals surface area contributed by atoms with Gasteiger partial charge in [0.15, 0.2) is 12.4 Å². The second kappa shape index (κ2) is 11.6. The third kappa shape index (κ3) is 11.5. The quantitative estimate of drug-likeness (QED) is 0.379. The molecule has 0 unspecified atom stereocenters. The second-order valence-electron chi connectivity index (χ2n) is 4.85. The summed E-state index contributed by atoms with van der Waals surface area (Å²) in [5.41, 5.74) is 1.29. The van der Waals surface area contributed by atoms with Crippen LogP contribution in [0.3, 0.4) is 0 Å². The van der Waals surface area contributed by atoms with Crippen molar-refractivity contribution < 1.29 is 35.1 Å². The van der Waals surface area contributed by atoms with Crippen molar-refractivity contribution in [2.24, 2.45) is 7.05 Å². The van der Waals surface area contributed by atoms with E-state index in [2.05, 4.69) is 24.5 Å². The van der Waals surface area contributed by atoms with Crippen LogP contribution in [0.5, 0.6) is 0 Å². The fourth-order valence-electron chi connectivity index (χ4n) is 2.00. The van der Waals surface area contributed by atoms with Crippen LogP contribution in [0, 0.1) is 0 Å². The maximum Gasteiger partial charge on any atom is 0.673 e. The van der Waals surface area contributed by atoms with Gasteiger partial charge in [0.25, 0.3) is 0 Å². The van der Waals surface area contributed by atoms with Crippen molar-refractivity contribution in [3.05, 3.63) is 30.1 Å². The molecule has 10 heteroatoms. The van der Waals surface area contributed by atoms with Gasteiger partial charge in [-0.1, -0.05) is 0 Å². The molecule has 0 fully saturated rings. The fourth-order valence-corrected chi connectivity index (χ4v) is 4.59. The maximum atomic E-state index is 9.75. The van der Waals surface area contributed by atoms with Gasteiger partial charge in [-0.3, -0.25) is 0 Å².